The zero-order valence-electron chi connectivity index (χ0n) is 12.6. The first-order valence-electron chi connectivity index (χ1n) is 7.71. The number of hydrogen-bond donors (Lipinski definition) is 2. The van der Waals surface area contributed by atoms with E-state index in [9.17, 15) is 4.79 Å². The maximum Gasteiger partial charge on any atom is 0.235 e. The van der Waals surface area contributed by atoms with Gasteiger partial charge in [0.15, 0.2) is 0 Å². The summed E-state index contributed by atoms with van der Waals surface area (Å²) in [7, 11) is 1.65. The second kappa shape index (κ2) is 4.13. The van der Waals surface area contributed by atoms with Gasteiger partial charge in [-0.3, -0.25) is 4.79 Å². The van der Waals surface area contributed by atoms with Crippen LogP contribution in [0.2, 0.25) is 0 Å². The molecule has 2 heterocycles. The first-order valence-corrected chi connectivity index (χ1v) is 7.71. The average molecular weight is 306 g/mol. The van der Waals surface area contributed by atoms with Gasteiger partial charge in [-0.25, -0.2) is 0 Å². The fourth-order valence-corrected chi connectivity index (χ4v) is 3.91. The van der Waals surface area contributed by atoms with Crippen LogP contribution >= 0.6 is 0 Å². The van der Waals surface area contributed by atoms with Crippen molar-refractivity contribution in [2.24, 2.45) is 0 Å². The number of carbonyl (C=O) groups excluding carboxylic acids is 1. The predicted octanol–water partition coefficient (Wildman–Crippen LogP) is 2.37. The van der Waals surface area contributed by atoms with E-state index in [1.807, 2.05) is 24.4 Å². The largest absolute Gasteiger partial charge is 0.497 e. The molecule has 1 aliphatic carbocycles. The molecule has 1 spiro atoms. The molecular weight excluding hydrogens is 290 g/mol. The number of aromatic amines is 2. The molecule has 2 aromatic carbocycles. The zero-order chi connectivity index (χ0) is 15.6. The van der Waals surface area contributed by atoms with Crippen LogP contribution in [0.15, 0.2) is 42.6 Å². The van der Waals surface area contributed by atoms with Crippen molar-refractivity contribution in [3.05, 3.63) is 53.7 Å². The highest BCUT2D eigenvalue weighted by molar-refractivity contribution is 6.10. The molecule has 0 bridgehead atoms. The molecule has 0 saturated heterocycles. The fraction of sp³-hybridized carbons (Fsp3) is 0.222. The van der Waals surface area contributed by atoms with Crippen LogP contribution in [0.4, 0.5) is 5.69 Å². The smallest absolute Gasteiger partial charge is 0.235 e. The van der Waals surface area contributed by atoms with E-state index in [0.717, 1.165) is 34.3 Å². The molecule has 1 saturated carbocycles. The van der Waals surface area contributed by atoms with Gasteiger partial charge in [0.2, 0.25) is 12.1 Å². The second-order valence-corrected chi connectivity index (χ2v) is 6.35. The molecule has 1 amide bonds. The third kappa shape index (κ3) is 1.56. The lowest BCUT2D eigenvalue weighted by atomic mass is 9.91. The molecule has 0 radical (unpaired) electrons. The first kappa shape index (κ1) is 12.7. The molecule has 5 heteroatoms. The number of nitrogens with one attached hydrogen (secondary N) is 3. The van der Waals surface area contributed by atoms with Gasteiger partial charge in [-0.2, -0.15) is 5.10 Å². The normalized spacial score (nSPS) is 24.7. The number of carbonyl (C=O) groups is 1. The standard InChI is InChI=1S/C18H15N3O2/c1-23-12-4-5-15-13(7-12)18(17(22)20-15)8-14(18)10-2-3-11-9-19-21-16(11)6-10/h2-7,9,14H,8H2,1H3,(H,19,21)(H,20,22)/p+1/t14-,18-/m0/s1. The maximum absolute atomic E-state index is 12.6. The zero-order valence-corrected chi connectivity index (χ0v) is 12.6. The van der Waals surface area contributed by atoms with Gasteiger partial charge in [0.25, 0.3) is 0 Å². The topological polar surface area (TPSA) is 68.3 Å². The third-order valence-electron chi connectivity index (χ3n) is 5.24. The molecule has 114 valence electrons. The van der Waals surface area contributed by atoms with Crippen molar-refractivity contribution in [3.8, 4) is 5.75 Å². The van der Waals surface area contributed by atoms with Crippen molar-refractivity contribution < 1.29 is 14.6 Å². The summed E-state index contributed by atoms with van der Waals surface area (Å²) in [5.41, 5.74) is 3.79. The van der Waals surface area contributed by atoms with Gasteiger partial charge in [-0.1, -0.05) is 6.07 Å². The number of aromatic nitrogens is 2. The Bertz CT molecular complexity index is 962. The Morgan fingerprint density at radius 1 is 1.26 bits per heavy atom. The molecule has 1 aromatic heterocycles. The van der Waals surface area contributed by atoms with Crippen molar-refractivity contribution >= 4 is 22.5 Å². The van der Waals surface area contributed by atoms with Crippen LogP contribution in [-0.4, -0.2) is 18.1 Å². The van der Waals surface area contributed by atoms with Gasteiger partial charge in [-0.15, -0.1) is 5.10 Å². The molecule has 2 atom stereocenters. The monoisotopic (exact) mass is 306 g/mol. The van der Waals surface area contributed by atoms with Crippen molar-refractivity contribution in [1.29, 1.82) is 0 Å². The number of anilines is 1. The second-order valence-electron chi connectivity index (χ2n) is 6.35. The van der Waals surface area contributed by atoms with Crippen LogP contribution in [0.5, 0.6) is 5.75 Å². The Kier molecular flexibility index (Phi) is 2.28. The molecule has 1 fully saturated rings. The van der Waals surface area contributed by atoms with E-state index in [0.29, 0.717) is 0 Å². The minimum Gasteiger partial charge on any atom is -0.497 e. The summed E-state index contributed by atoms with van der Waals surface area (Å²) in [6, 6.07) is 12.2. The van der Waals surface area contributed by atoms with Crippen LogP contribution in [0, 0.1) is 0 Å². The molecule has 2 aliphatic rings. The number of rotatable bonds is 2. The molecular formula is C18H16N3O2+. The Morgan fingerprint density at radius 3 is 3.04 bits per heavy atom. The Hall–Kier alpha value is -2.82. The molecule has 5 nitrogen and oxygen atoms in total. The van der Waals surface area contributed by atoms with Crippen molar-refractivity contribution in [3.63, 3.8) is 0 Å². The van der Waals surface area contributed by atoms with Crippen LogP contribution in [-0.2, 0) is 10.2 Å². The molecule has 23 heavy (non-hydrogen) atoms. The van der Waals surface area contributed by atoms with Crippen LogP contribution < -0.4 is 15.2 Å². The van der Waals surface area contributed by atoms with Crippen LogP contribution in [0.3, 0.4) is 0 Å². The summed E-state index contributed by atoms with van der Waals surface area (Å²) >= 11 is 0. The number of amides is 1. The Morgan fingerprint density at radius 2 is 2.17 bits per heavy atom. The van der Waals surface area contributed by atoms with E-state index >= 15 is 0 Å². The van der Waals surface area contributed by atoms with Gasteiger partial charge >= 0.3 is 0 Å². The summed E-state index contributed by atoms with van der Waals surface area (Å²) in [6.45, 7) is 0. The lowest BCUT2D eigenvalue weighted by Crippen LogP contribution is -2.21. The van der Waals surface area contributed by atoms with E-state index in [4.69, 9.17) is 4.74 Å². The van der Waals surface area contributed by atoms with Crippen molar-refractivity contribution in [2.45, 2.75) is 17.8 Å². The van der Waals surface area contributed by atoms with Crippen molar-refractivity contribution in [2.75, 3.05) is 12.4 Å². The maximum atomic E-state index is 12.6. The molecule has 0 unspecified atom stereocenters. The fourth-order valence-electron chi connectivity index (χ4n) is 3.91. The first-order chi connectivity index (χ1) is 11.2. The Labute approximate surface area is 132 Å². The summed E-state index contributed by atoms with van der Waals surface area (Å²) in [6.07, 6.45) is 2.78. The third-order valence-corrected chi connectivity index (χ3v) is 5.24. The SMILES string of the molecule is COc1ccc2c(c1)[C@]1(C[C@H]1c1ccc3c[nH+][nH]c3c1)C(=O)N2. The summed E-state index contributed by atoms with van der Waals surface area (Å²) in [5.74, 6) is 1.10. The lowest BCUT2D eigenvalue weighted by molar-refractivity contribution is -0.446. The van der Waals surface area contributed by atoms with Gasteiger partial charge in [-0.05, 0) is 47.9 Å². The quantitative estimate of drug-likeness (QED) is 0.763. The van der Waals surface area contributed by atoms with Gasteiger partial charge in [0.1, 0.15) is 11.3 Å². The highest BCUT2D eigenvalue weighted by atomic mass is 16.5. The Balaban J connectivity index is 1.61. The lowest BCUT2D eigenvalue weighted by Gasteiger charge is -2.10. The number of methoxy groups -OCH3 is 1. The minimum atomic E-state index is -0.437. The average Bonchev–Trinajstić information content (AvgIpc) is 3.05. The number of hydrogen-bond acceptors (Lipinski definition) is 2. The van der Waals surface area contributed by atoms with E-state index in [1.54, 1.807) is 7.11 Å². The van der Waals surface area contributed by atoms with E-state index in [1.165, 1.54) is 5.56 Å². The molecule has 3 aromatic rings. The van der Waals surface area contributed by atoms with Crippen molar-refractivity contribution in [1.82, 2.24) is 5.10 Å². The number of fused-ring (bicyclic) bond motifs is 3. The summed E-state index contributed by atoms with van der Waals surface area (Å²) < 4.78 is 5.34. The summed E-state index contributed by atoms with van der Waals surface area (Å²) in [4.78, 5) is 12.6. The van der Waals surface area contributed by atoms with E-state index in [2.05, 4.69) is 33.7 Å². The molecule has 1 aliphatic heterocycles. The van der Waals surface area contributed by atoms with Crippen LogP contribution in [0.25, 0.3) is 10.9 Å². The molecule has 5 rings (SSSR count). The van der Waals surface area contributed by atoms with Gasteiger partial charge in [0, 0.05) is 11.6 Å². The molecule has 3 N–H and O–H groups in total. The van der Waals surface area contributed by atoms with Crippen LogP contribution in [0.1, 0.15) is 23.5 Å². The highest BCUT2D eigenvalue weighted by Crippen LogP contribution is 2.65. The number of H-pyrrole nitrogens is 2. The van der Waals surface area contributed by atoms with E-state index in [-0.39, 0.29) is 11.8 Å². The van der Waals surface area contributed by atoms with E-state index < -0.39 is 5.41 Å². The summed E-state index contributed by atoms with van der Waals surface area (Å²) in [5, 5.41) is 10.3. The predicted molar refractivity (Wildman–Crippen MR) is 85.5 cm³/mol. The number of benzene rings is 2. The van der Waals surface area contributed by atoms with Gasteiger partial charge < -0.3 is 10.1 Å². The number of ether oxygens (including phenoxy) is 1. The minimum absolute atomic E-state index is 0.101. The van der Waals surface area contributed by atoms with Gasteiger partial charge in [0.05, 0.1) is 17.9 Å². The highest BCUT2D eigenvalue weighted by Gasteiger charge is 2.65.